The van der Waals surface area contributed by atoms with Crippen molar-refractivity contribution in [1.82, 2.24) is 19.7 Å². The second-order valence-electron chi connectivity index (χ2n) is 9.29. The number of para-hydroxylation sites is 1. The van der Waals surface area contributed by atoms with Gasteiger partial charge in [0.2, 0.25) is 0 Å². The summed E-state index contributed by atoms with van der Waals surface area (Å²) >= 11 is 0. The highest BCUT2D eigenvalue weighted by molar-refractivity contribution is 6.09. The molecule has 0 atom stereocenters. The van der Waals surface area contributed by atoms with Gasteiger partial charge in [0.1, 0.15) is 11.6 Å². The van der Waals surface area contributed by atoms with Crippen LogP contribution in [0.4, 0.5) is 23.4 Å². The molecule has 0 saturated carbocycles. The third kappa shape index (κ3) is 5.08. The quantitative estimate of drug-likeness (QED) is 0.265. The van der Waals surface area contributed by atoms with Crippen molar-refractivity contribution >= 4 is 22.6 Å². The van der Waals surface area contributed by atoms with Gasteiger partial charge in [-0.25, -0.2) is 19.0 Å². The normalized spacial score (nSPS) is 12.1. The summed E-state index contributed by atoms with van der Waals surface area (Å²) in [5.41, 5.74) is -2.06. The average molecular weight is 536 g/mol. The van der Waals surface area contributed by atoms with Crippen LogP contribution in [0.15, 0.2) is 79.1 Å². The number of alkyl halides is 3. The largest absolute Gasteiger partial charge is 0.417 e. The van der Waals surface area contributed by atoms with Crippen LogP contribution in [0.2, 0.25) is 0 Å². The van der Waals surface area contributed by atoms with Crippen molar-refractivity contribution in [3.8, 4) is 17.1 Å². The minimum Gasteiger partial charge on any atom is -0.386 e. The molecular weight excluding hydrogens is 514 g/mol. The summed E-state index contributed by atoms with van der Waals surface area (Å²) in [5.74, 6) is -2.50. The molecule has 1 amide bonds. The number of aromatic nitrogens is 4. The van der Waals surface area contributed by atoms with Crippen molar-refractivity contribution in [3.05, 3.63) is 102 Å². The number of nitrogens with one attached hydrogen (secondary N) is 1. The fourth-order valence-electron chi connectivity index (χ4n) is 4.12. The van der Waals surface area contributed by atoms with Gasteiger partial charge in [-0.15, -0.1) is 0 Å². The Bertz CT molecular complexity index is 1680. The standard InChI is InChI=1S/C28H21F4N5O2/c1-27(2,39)16-9-10-18-23(13-16)36-37(17-7-4-3-5-8-17)25(18)35-26(38)20-14-19(24-33-11-6-12-34-24)21(15-22(20)29)28(30,31)32/h3-15,39H,1-2H3,(H,35,38). The van der Waals surface area contributed by atoms with Crippen molar-refractivity contribution in [1.29, 1.82) is 0 Å². The van der Waals surface area contributed by atoms with Crippen LogP contribution in [0.1, 0.15) is 35.3 Å². The van der Waals surface area contributed by atoms with Crippen LogP contribution in [-0.2, 0) is 11.8 Å². The third-order valence-corrected chi connectivity index (χ3v) is 6.08. The number of benzene rings is 3. The van der Waals surface area contributed by atoms with E-state index >= 15 is 4.39 Å². The van der Waals surface area contributed by atoms with E-state index in [2.05, 4.69) is 20.4 Å². The van der Waals surface area contributed by atoms with Crippen LogP contribution in [0, 0.1) is 5.82 Å². The molecule has 3 aromatic carbocycles. The summed E-state index contributed by atoms with van der Waals surface area (Å²) in [5, 5.41) is 18.1. The smallest absolute Gasteiger partial charge is 0.386 e. The van der Waals surface area contributed by atoms with Crippen LogP contribution in [0.3, 0.4) is 0 Å². The molecule has 0 unspecified atom stereocenters. The molecule has 198 valence electrons. The van der Waals surface area contributed by atoms with Crippen LogP contribution in [0.25, 0.3) is 28.0 Å². The zero-order valence-electron chi connectivity index (χ0n) is 20.7. The molecule has 5 rings (SSSR count). The van der Waals surface area contributed by atoms with E-state index in [1.54, 1.807) is 62.4 Å². The molecule has 2 N–H and O–H groups in total. The van der Waals surface area contributed by atoms with Crippen molar-refractivity contribution in [3.63, 3.8) is 0 Å². The molecule has 2 aromatic heterocycles. The molecule has 0 bridgehead atoms. The lowest BCUT2D eigenvalue weighted by Crippen LogP contribution is -2.18. The number of nitrogens with zero attached hydrogens (tertiary/aromatic N) is 4. The number of rotatable bonds is 5. The predicted octanol–water partition coefficient (Wildman–Crippen LogP) is 6.12. The van der Waals surface area contributed by atoms with E-state index in [0.29, 0.717) is 22.2 Å². The lowest BCUT2D eigenvalue weighted by atomic mass is 9.97. The SMILES string of the molecule is CC(C)(O)c1ccc2c(NC(=O)c3cc(-c4ncccn4)c(C(F)(F)F)cc3F)n(-c3ccccc3)nc2c1. The van der Waals surface area contributed by atoms with E-state index in [-0.39, 0.29) is 17.7 Å². The Labute approximate surface area is 219 Å². The number of amides is 1. The van der Waals surface area contributed by atoms with Gasteiger partial charge in [-0.05, 0) is 61.9 Å². The Morgan fingerprint density at radius 3 is 2.28 bits per heavy atom. The van der Waals surface area contributed by atoms with E-state index in [1.165, 1.54) is 23.1 Å². The number of hydrogen-bond acceptors (Lipinski definition) is 5. The zero-order chi connectivity index (χ0) is 27.9. The summed E-state index contributed by atoms with van der Waals surface area (Å²) in [6, 6.07) is 16.3. The molecule has 0 saturated heterocycles. The molecular formula is C28H21F4N5O2. The van der Waals surface area contributed by atoms with Crippen molar-refractivity contribution in [2.24, 2.45) is 0 Å². The van der Waals surface area contributed by atoms with Gasteiger partial charge in [0, 0.05) is 23.3 Å². The second kappa shape index (κ2) is 9.59. The van der Waals surface area contributed by atoms with Crippen LogP contribution in [-0.4, -0.2) is 30.8 Å². The molecule has 0 aliphatic carbocycles. The first kappa shape index (κ1) is 26.0. The Morgan fingerprint density at radius 2 is 1.64 bits per heavy atom. The second-order valence-corrected chi connectivity index (χ2v) is 9.29. The monoisotopic (exact) mass is 535 g/mol. The highest BCUT2D eigenvalue weighted by Gasteiger charge is 2.36. The number of carbonyl (C=O) groups excluding carboxylic acids is 1. The summed E-state index contributed by atoms with van der Waals surface area (Å²) in [6.45, 7) is 3.24. The first-order valence-electron chi connectivity index (χ1n) is 11.7. The van der Waals surface area contributed by atoms with Gasteiger partial charge in [0.25, 0.3) is 5.91 Å². The highest BCUT2D eigenvalue weighted by Crippen LogP contribution is 2.38. The molecule has 0 fully saturated rings. The molecule has 2 heterocycles. The molecule has 39 heavy (non-hydrogen) atoms. The van der Waals surface area contributed by atoms with Gasteiger partial charge in [0.15, 0.2) is 5.82 Å². The summed E-state index contributed by atoms with van der Waals surface area (Å²) < 4.78 is 57.6. The number of carbonyl (C=O) groups is 1. The van der Waals surface area contributed by atoms with E-state index in [0.717, 1.165) is 6.07 Å². The van der Waals surface area contributed by atoms with E-state index in [1.807, 2.05) is 0 Å². The fourth-order valence-corrected chi connectivity index (χ4v) is 4.12. The third-order valence-electron chi connectivity index (χ3n) is 6.08. The fraction of sp³-hybridized carbons (Fsp3) is 0.143. The van der Waals surface area contributed by atoms with E-state index in [9.17, 15) is 23.1 Å². The average Bonchev–Trinajstić information content (AvgIpc) is 3.26. The lowest BCUT2D eigenvalue weighted by Gasteiger charge is -2.17. The van der Waals surface area contributed by atoms with Gasteiger partial charge in [-0.3, -0.25) is 4.79 Å². The zero-order valence-corrected chi connectivity index (χ0v) is 20.7. The number of fused-ring (bicyclic) bond motifs is 1. The lowest BCUT2D eigenvalue weighted by molar-refractivity contribution is -0.137. The Morgan fingerprint density at radius 1 is 0.949 bits per heavy atom. The minimum atomic E-state index is -4.91. The maximum absolute atomic E-state index is 15.0. The first-order valence-corrected chi connectivity index (χ1v) is 11.7. The molecule has 11 heteroatoms. The van der Waals surface area contributed by atoms with E-state index in [4.69, 9.17) is 0 Å². The Hall–Kier alpha value is -4.64. The number of anilines is 1. The van der Waals surface area contributed by atoms with Crippen molar-refractivity contribution in [2.45, 2.75) is 25.6 Å². The molecule has 0 spiro atoms. The number of halogens is 4. The van der Waals surface area contributed by atoms with Crippen LogP contribution in [0.5, 0.6) is 0 Å². The van der Waals surface area contributed by atoms with Gasteiger partial charge in [0.05, 0.1) is 27.9 Å². The van der Waals surface area contributed by atoms with Crippen LogP contribution < -0.4 is 5.32 Å². The molecule has 0 aliphatic heterocycles. The summed E-state index contributed by atoms with van der Waals surface area (Å²) in [4.78, 5) is 21.1. The minimum absolute atomic E-state index is 0.167. The number of aliphatic hydroxyl groups is 1. The molecule has 7 nitrogen and oxygen atoms in total. The number of hydrogen-bond donors (Lipinski definition) is 2. The van der Waals surface area contributed by atoms with E-state index < -0.39 is 40.2 Å². The molecule has 5 aromatic rings. The summed E-state index contributed by atoms with van der Waals surface area (Å²) in [7, 11) is 0. The Balaban J connectivity index is 1.64. The highest BCUT2D eigenvalue weighted by atomic mass is 19.4. The van der Waals surface area contributed by atoms with Gasteiger partial charge < -0.3 is 10.4 Å². The molecule has 0 aliphatic rings. The van der Waals surface area contributed by atoms with Gasteiger partial charge in [-0.2, -0.15) is 18.3 Å². The van der Waals surface area contributed by atoms with Gasteiger partial charge in [-0.1, -0.05) is 24.3 Å². The Kier molecular flexibility index (Phi) is 6.39. The van der Waals surface area contributed by atoms with Gasteiger partial charge >= 0.3 is 6.18 Å². The van der Waals surface area contributed by atoms with Crippen molar-refractivity contribution in [2.75, 3.05) is 5.32 Å². The molecule has 0 radical (unpaired) electrons. The van der Waals surface area contributed by atoms with Crippen molar-refractivity contribution < 1.29 is 27.5 Å². The maximum atomic E-state index is 15.0. The van der Waals surface area contributed by atoms with Crippen LogP contribution >= 0.6 is 0 Å². The first-order chi connectivity index (χ1) is 18.4. The topological polar surface area (TPSA) is 92.9 Å². The maximum Gasteiger partial charge on any atom is 0.417 e. The summed E-state index contributed by atoms with van der Waals surface area (Å²) in [6.07, 6.45) is -2.42. The predicted molar refractivity (Wildman–Crippen MR) is 137 cm³/mol.